The Morgan fingerprint density at radius 1 is 0.929 bits per heavy atom. The number of hydrogen-bond donors (Lipinski definition) is 0. The summed E-state index contributed by atoms with van der Waals surface area (Å²) in [6.07, 6.45) is 3.80. The minimum Gasteiger partial charge on any atom is -0.273 e. The molecule has 156 valence electrons. The van der Waals surface area contributed by atoms with E-state index in [-0.39, 0.29) is 10.3 Å². The van der Waals surface area contributed by atoms with Crippen molar-refractivity contribution in [2.45, 2.75) is 91.4 Å². The monoisotopic (exact) mass is 423 g/mol. The van der Waals surface area contributed by atoms with Crippen LogP contribution in [0.1, 0.15) is 92.2 Å². The highest BCUT2D eigenvalue weighted by Gasteiger charge is 2.52. The van der Waals surface area contributed by atoms with E-state index in [4.69, 9.17) is 11.6 Å². The number of imidazole rings is 1. The second kappa shape index (κ2) is 7.65. The van der Waals surface area contributed by atoms with Crippen molar-refractivity contribution in [1.29, 1.82) is 0 Å². The molecule has 0 unspecified atom stereocenters. The summed E-state index contributed by atoms with van der Waals surface area (Å²) in [4.78, 5) is 0. The molecule has 1 heterocycles. The maximum absolute atomic E-state index is 14.4. The first-order valence-corrected chi connectivity index (χ1v) is 12.2. The maximum Gasteiger partial charge on any atom is 0.261 e. The normalized spacial score (nSPS) is 13.6. The van der Waals surface area contributed by atoms with Gasteiger partial charge in [-0.3, -0.25) is 4.57 Å². The average molecular weight is 424 g/mol. The van der Waals surface area contributed by atoms with Crippen molar-refractivity contribution in [3.05, 3.63) is 47.0 Å². The third kappa shape index (κ3) is 3.85. The first-order chi connectivity index (χ1) is 12.6. The van der Waals surface area contributed by atoms with Crippen molar-refractivity contribution >= 4 is 18.9 Å². The Morgan fingerprint density at radius 3 is 1.71 bits per heavy atom. The molecule has 0 N–H and O–H groups in total. The second-order valence-corrected chi connectivity index (χ2v) is 15.0. The van der Waals surface area contributed by atoms with Crippen LogP contribution >= 0.6 is 18.9 Å². The predicted molar refractivity (Wildman–Crippen MR) is 122 cm³/mol. The van der Waals surface area contributed by atoms with Gasteiger partial charge >= 0.3 is 0 Å². The van der Waals surface area contributed by atoms with Crippen LogP contribution in [-0.2, 0) is 4.57 Å². The van der Waals surface area contributed by atoms with Crippen molar-refractivity contribution in [2.75, 3.05) is 0 Å². The highest BCUT2D eigenvalue weighted by atomic mass is 35.5. The average Bonchev–Trinajstić information content (AvgIpc) is 2.92. The number of aromatic nitrogens is 2. The van der Waals surface area contributed by atoms with Crippen molar-refractivity contribution in [2.24, 2.45) is 0 Å². The van der Waals surface area contributed by atoms with E-state index in [2.05, 4.69) is 87.4 Å². The molecule has 0 aliphatic rings. The largest absolute Gasteiger partial charge is 0.273 e. The van der Waals surface area contributed by atoms with Crippen LogP contribution in [0.4, 0.5) is 0 Å². The van der Waals surface area contributed by atoms with Crippen molar-refractivity contribution in [3.63, 3.8) is 0 Å². The molecule has 0 aliphatic heterocycles. The summed E-state index contributed by atoms with van der Waals surface area (Å²) >= 11 is 6.76. The predicted octanol–water partition coefficient (Wildman–Crippen LogP) is 7.39. The Balaban J connectivity index is 2.85. The van der Waals surface area contributed by atoms with E-state index in [0.717, 1.165) is 5.69 Å². The van der Waals surface area contributed by atoms with Gasteiger partial charge in [-0.15, -0.1) is 0 Å². The zero-order valence-electron chi connectivity index (χ0n) is 19.2. The minimum absolute atomic E-state index is 0.359. The third-order valence-electron chi connectivity index (χ3n) is 5.43. The molecule has 0 saturated carbocycles. The van der Waals surface area contributed by atoms with Gasteiger partial charge in [0.25, 0.3) is 13.6 Å². The molecule has 0 radical (unpaired) electrons. The molecular formula is C23H37ClN2OP+. The number of para-hydroxylation sites is 1. The van der Waals surface area contributed by atoms with Gasteiger partial charge in [-0.1, -0.05) is 45.9 Å². The summed E-state index contributed by atoms with van der Waals surface area (Å²) in [5, 5.41) is -0.183. The van der Waals surface area contributed by atoms with Gasteiger partial charge in [0.05, 0.1) is 10.3 Å². The number of rotatable bonds is 4. The first-order valence-electron chi connectivity index (χ1n) is 10.2. The number of halogens is 1. The summed E-state index contributed by atoms with van der Waals surface area (Å²) in [5.41, 5.74) is 3.61. The molecule has 0 fully saturated rings. The Bertz CT molecular complexity index is 854. The van der Waals surface area contributed by atoms with Crippen LogP contribution in [0.2, 0.25) is 5.15 Å². The fraction of sp³-hybridized carbons (Fsp3) is 0.609. The fourth-order valence-corrected chi connectivity index (χ4v) is 8.41. The van der Waals surface area contributed by atoms with Gasteiger partial charge in [-0.25, -0.2) is 0 Å². The van der Waals surface area contributed by atoms with Gasteiger partial charge in [0, 0.05) is 11.1 Å². The van der Waals surface area contributed by atoms with Crippen LogP contribution in [0.25, 0.3) is 5.69 Å². The van der Waals surface area contributed by atoms with E-state index in [9.17, 15) is 4.57 Å². The topological polar surface area (TPSA) is 25.9 Å². The van der Waals surface area contributed by atoms with Gasteiger partial charge in [0.1, 0.15) is 5.69 Å². The molecule has 0 amide bonds. The second-order valence-electron chi connectivity index (χ2n) is 10.3. The molecule has 0 spiro atoms. The van der Waals surface area contributed by atoms with Crippen LogP contribution in [0.3, 0.4) is 0 Å². The summed E-state index contributed by atoms with van der Waals surface area (Å²) < 4.78 is 18.3. The van der Waals surface area contributed by atoms with Crippen molar-refractivity contribution in [3.8, 4) is 5.69 Å². The molecule has 2 rings (SSSR count). The van der Waals surface area contributed by atoms with Crippen LogP contribution in [-0.4, -0.2) is 14.9 Å². The Hall–Kier alpha value is -1.05. The number of nitrogens with zero attached hydrogens (tertiary/aromatic N) is 2. The molecule has 0 saturated heterocycles. The zero-order chi connectivity index (χ0) is 21.7. The van der Waals surface area contributed by atoms with E-state index in [1.54, 1.807) is 0 Å². The third-order valence-corrected chi connectivity index (χ3v) is 10.2. The van der Waals surface area contributed by atoms with Gasteiger partial charge in [-0.05, 0) is 65.0 Å². The SMILES string of the molecule is CC(C)c1cccc(C(C)C)c1-n1c[n+](P(=O)(C(C)(C)C)C(C)(C)C)cc1Cl. The molecule has 3 nitrogen and oxygen atoms in total. The fourth-order valence-electron chi connectivity index (χ4n) is 4.19. The van der Waals surface area contributed by atoms with Gasteiger partial charge < -0.3 is 0 Å². The van der Waals surface area contributed by atoms with Crippen LogP contribution < -0.4 is 4.34 Å². The number of hydrogen-bond acceptors (Lipinski definition) is 1. The van der Waals surface area contributed by atoms with Crippen molar-refractivity contribution < 1.29 is 8.90 Å². The highest BCUT2D eigenvalue weighted by Crippen LogP contribution is 2.62. The summed E-state index contributed by atoms with van der Waals surface area (Å²) in [7, 11) is -2.83. The van der Waals surface area contributed by atoms with E-state index < -0.39 is 7.29 Å². The molecule has 1 aromatic heterocycles. The molecule has 0 atom stereocenters. The van der Waals surface area contributed by atoms with Crippen LogP contribution in [0, 0.1) is 0 Å². The van der Waals surface area contributed by atoms with Crippen LogP contribution in [0.5, 0.6) is 0 Å². The first kappa shape index (κ1) is 23.2. The zero-order valence-corrected chi connectivity index (χ0v) is 20.8. The molecule has 28 heavy (non-hydrogen) atoms. The smallest absolute Gasteiger partial charge is 0.261 e. The lowest BCUT2D eigenvalue weighted by Crippen LogP contribution is -2.46. The quantitative estimate of drug-likeness (QED) is 0.470. The van der Waals surface area contributed by atoms with E-state index in [0.29, 0.717) is 17.0 Å². The van der Waals surface area contributed by atoms with Crippen LogP contribution in [0.15, 0.2) is 30.7 Å². The Morgan fingerprint density at radius 2 is 1.36 bits per heavy atom. The molecule has 2 aromatic rings. The molecular weight excluding hydrogens is 387 g/mol. The van der Waals surface area contributed by atoms with Gasteiger partial charge in [-0.2, -0.15) is 8.90 Å². The maximum atomic E-state index is 14.4. The van der Waals surface area contributed by atoms with E-state index in [1.165, 1.54) is 11.1 Å². The van der Waals surface area contributed by atoms with Gasteiger partial charge in [0.15, 0.2) is 6.20 Å². The minimum atomic E-state index is -2.83. The highest BCUT2D eigenvalue weighted by molar-refractivity contribution is 7.60. The lowest BCUT2D eigenvalue weighted by Gasteiger charge is -2.37. The summed E-state index contributed by atoms with van der Waals surface area (Å²) in [5.74, 6) is 0.718. The lowest BCUT2D eigenvalue weighted by molar-refractivity contribution is -0.523. The summed E-state index contributed by atoms with van der Waals surface area (Å²) in [6.45, 7) is 21.1. The molecule has 5 heteroatoms. The molecule has 0 aliphatic carbocycles. The Labute approximate surface area is 176 Å². The molecule has 1 aromatic carbocycles. The number of benzene rings is 1. The van der Waals surface area contributed by atoms with Crippen molar-refractivity contribution in [1.82, 2.24) is 4.57 Å². The lowest BCUT2D eigenvalue weighted by atomic mass is 9.92. The molecule has 0 bridgehead atoms. The van der Waals surface area contributed by atoms with E-state index in [1.807, 2.05) is 21.4 Å². The van der Waals surface area contributed by atoms with E-state index >= 15 is 0 Å². The Kier molecular flexibility index (Phi) is 6.35. The van der Waals surface area contributed by atoms with Gasteiger partial charge in [0.2, 0.25) is 5.15 Å². The summed E-state index contributed by atoms with van der Waals surface area (Å²) in [6, 6.07) is 6.45. The standard InChI is InChI=1S/C23H37ClN2OP/c1-16(2)18-12-11-13-19(17(3)4)21(18)26-15-25(14-20(26)24)28(27,22(5,6)7)23(8,9)10/h11-17H,1-10H3/q+1.